The third-order valence-corrected chi connectivity index (χ3v) is 14.6. The molecule has 0 saturated carbocycles. The van der Waals surface area contributed by atoms with E-state index >= 15 is 0 Å². The van der Waals surface area contributed by atoms with Crippen LogP contribution >= 0.6 is 0 Å². The maximum absolute atomic E-state index is 2.48. The van der Waals surface area contributed by atoms with E-state index in [0.717, 1.165) is 0 Å². The van der Waals surface area contributed by atoms with Gasteiger partial charge >= 0.3 is 0 Å². The molecule has 0 atom stereocenters. The van der Waals surface area contributed by atoms with Gasteiger partial charge in [-0.2, -0.15) is 0 Å². The predicted molar refractivity (Wildman–Crippen MR) is 247 cm³/mol. The third kappa shape index (κ3) is 4.51. The topological polar surface area (TPSA) is 0 Å². The van der Waals surface area contributed by atoms with E-state index in [9.17, 15) is 0 Å². The van der Waals surface area contributed by atoms with Crippen molar-refractivity contribution in [3.63, 3.8) is 0 Å². The van der Waals surface area contributed by atoms with Crippen LogP contribution in [0.2, 0.25) is 0 Å². The van der Waals surface area contributed by atoms with Crippen molar-refractivity contribution in [3.8, 4) is 33.4 Å². The number of fused-ring (bicyclic) bond motifs is 2. The van der Waals surface area contributed by atoms with Gasteiger partial charge in [0.2, 0.25) is 0 Å². The molecule has 0 fully saturated rings. The molecule has 0 saturated heterocycles. The van der Waals surface area contributed by atoms with Crippen LogP contribution in [0.4, 0.5) is 0 Å². The molecule has 0 heteroatoms. The van der Waals surface area contributed by atoms with Crippen molar-refractivity contribution in [3.05, 3.63) is 273 Å². The summed E-state index contributed by atoms with van der Waals surface area (Å²) in [5.74, 6) is 1.18. The Labute approximate surface area is 350 Å². The molecule has 0 N–H and O–H groups in total. The van der Waals surface area contributed by atoms with Crippen LogP contribution in [-0.4, -0.2) is 0 Å². The lowest BCUT2D eigenvalue weighted by atomic mass is 9.61. The van der Waals surface area contributed by atoms with Gasteiger partial charge in [-0.05, 0) is 158 Å². The van der Waals surface area contributed by atoms with E-state index in [1.165, 1.54) is 122 Å². The number of benzene rings is 10. The molecule has 0 radical (unpaired) electrons. The third-order valence-electron chi connectivity index (χ3n) is 14.6. The maximum atomic E-state index is 2.48. The Balaban J connectivity index is 0.756. The predicted octanol–water partition coefficient (Wildman–Crippen LogP) is 15.0. The molecule has 0 heterocycles. The van der Waals surface area contributed by atoms with Gasteiger partial charge in [0.25, 0.3) is 0 Å². The van der Waals surface area contributed by atoms with E-state index in [1.807, 2.05) is 0 Å². The van der Waals surface area contributed by atoms with Gasteiger partial charge in [-0.1, -0.05) is 170 Å². The van der Waals surface area contributed by atoms with Crippen LogP contribution in [0.1, 0.15) is 90.4 Å². The number of hydrogen-bond donors (Lipinski definition) is 0. The quantitative estimate of drug-likeness (QED) is 0.168. The summed E-state index contributed by atoms with van der Waals surface area (Å²) in [6.07, 6.45) is 0. The summed E-state index contributed by atoms with van der Waals surface area (Å²) in [5.41, 5.74) is 25.1. The monoisotopic (exact) mass is 758 g/mol. The van der Waals surface area contributed by atoms with Gasteiger partial charge < -0.3 is 0 Å². The van der Waals surface area contributed by atoms with Crippen molar-refractivity contribution < 1.29 is 0 Å². The molecular formula is C60H38. The minimum absolute atomic E-state index is 0.287. The molecule has 0 unspecified atom stereocenters. The highest BCUT2D eigenvalue weighted by atomic mass is 14.4. The molecule has 6 aliphatic carbocycles. The Morgan fingerprint density at radius 3 is 0.650 bits per heavy atom. The second kappa shape index (κ2) is 12.1. The average molecular weight is 759 g/mol. The van der Waals surface area contributed by atoms with Gasteiger partial charge in [-0.15, -0.1) is 0 Å². The summed E-state index contributed by atoms with van der Waals surface area (Å²) in [6.45, 7) is 0. The fraction of sp³-hybridized carbons (Fsp3) is 0.0667. The van der Waals surface area contributed by atoms with Crippen LogP contribution in [0.15, 0.2) is 206 Å². The first kappa shape index (κ1) is 32.7. The number of rotatable bonds is 3. The van der Waals surface area contributed by atoms with Crippen molar-refractivity contribution in [2.24, 2.45) is 0 Å². The van der Waals surface area contributed by atoms with Crippen LogP contribution < -0.4 is 0 Å². The summed E-state index contributed by atoms with van der Waals surface area (Å²) in [4.78, 5) is 0. The fourth-order valence-electron chi connectivity index (χ4n) is 11.9. The molecule has 0 amide bonds. The van der Waals surface area contributed by atoms with Crippen LogP contribution in [-0.2, 0) is 0 Å². The summed E-state index contributed by atoms with van der Waals surface area (Å²) >= 11 is 0. The van der Waals surface area contributed by atoms with Crippen molar-refractivity contribution in [1.29, 1.82) is 0 Å². The Morgan fingerprint density at radius 1 is 0.167 bits per heavy atom. The molecule has 6 aliphatic rings. The van der Waals surface area contributed by atoms with Crippen LogP contribution in [0.3, 0.4) is 0 Å². The minimum atomic E-state index is 0.287. The van der Waals surface area contributed by atoms with Crippen LogP contribution in [0.25, 0.3) is 54.9 Å². The maximum Gasteiger partial charge on any atom is 0.0349 e. The van der Waals surface area contributed by atoms with E-state index in [-0.39, 0.29) is 11.8 Å². The van der Waals surface area contributed by atoms with Gasteiger partial charge in [-0.3, -0.25) is 0 Å². The smallest absolute Gasteiger partial charge is 0.0349 e. The first-order valence-electron chi connectivity index (χ1n) is 21.5. The van der Waals surface area contributed by atoms with Gasteiger partial charge in [0.05, 0.1) is 0 Å². The molecule has 0 spiro atoms. The molecule has 0 nitrogen and oxygen atoms in total. The Hall–Kier alpha value is -7.28. The highest BCUT2D eigenvalue weighted by Gasteiger charge is 2.42. The highest BCUT2D eigenvalue weighted by molar-refractivity contribution is 5.92. The minimum Gasteiger partial charge on any atom is -0.0619 e. The average Bonchev–Trinajstić information content (AvgIpc) is 3.32. The summed E-state index contributed by atoms with van der Waals surface area (Å²) in [7, 11) is 0. The molecule has 4 bridgehead atoms. The Bertz CT molecular complexity index is 3110. The van der Waals surface area contributed by atoms with Crippen molar-refractivity contribution in [2.45, 2.75) is 23.7 Å². The Kier molecular flexibility index (Phi) is 6.60. The molecule has 16 rings (SSSR count). The van der Waals surface area contributed by atoms with Gasteiger partial charge in [-0.25, -0.2) is 0 Å². The van der Waals surface area contributed by atoms with Crippen molar-refractivity contribution >= 4 is 21.5 Å². The summed E-state index contributed by atoms with van der Waals surface area (Å²) in [6, 6.07) is 78.5. The second-order valence-corrected chi connectivity index (χ2v) is 17.5. The molecule has 10 aromatic rings. The summed E-state index contributed by atoms with van der Waals surface area (Å²) in [5, 5.41) is 5.24. The Morgan fingerprint density at radius 2 is 0.383 bits per heavy atom. The molecular weight excluding hydrogens is 721 g/mol. The normalized spacial score (nSPS) is 18.3. The first-order chi connectivity index (χ1) is 29.7. The largest absolute Gasteiger partial charge is 0.0619 e. The first-order valence-corrected chi connectivity index (χ1v) is 21.5. The van der Waals surface area contributed by atoms with Gasteiger partial charge in [0, 0.05) is 23.7 Å². The summed E-state index contributed by atoms with van der Waals surface area (Å²) < 4.78 is 0. The SMILES string of the molecule is c1ccc2c(c1)C1c3ccccc3C2c2cc3cc(-c4ccc(-c5ccc(-c6ccc7cc8c(cc7c6)C6c7ccccc7C8c7ccccc76)cc5)cc4)ccc3cc21. The van der Waals surface area contributed by atoms with E-state index in [1.54, 1.807) is 0 Å². The van der Waals surface area contributed by atoms with E-state index in [0.29, 0.717) is 11.8 Å². The zero-order valence-corrected chi connectivity index (χ0v) is 32.9. The standard InChI is InChI=1S/C60H38/c1-5-13-49-45(9-1)57-46-10-2-6-14-50(46)59(49)55-33-43-29-39(25-27-41(43)31-53(55)57)37-21-17-35(18-22-37)36-19-23-38(24-20-36)40-26-28-42-32-54-56(34-44(42)30-40)60-51-15-7-3-11-47(51)58(54)48-12-4-8-16-52(48)60/h1-34,57-60H. The van der Waals surface area contributed by atoms with Gasteiger partial charge in [0.1, 0.15) is 0 Å². The highest BCUT2D eigenvalue weighted by Crippen LogP contribution is 2.58. The fourth-order valence-corrected chi connectivity index (χ4v) is 11.9. The van der Waals surface area contributed by atoms with Crippen molar-refractivity contribution in [1.82, 2.24) is 0 Å². The second-order valence-electron chi connectivity index (χ2n) is 17.5. The van der Waals surface area contributed by atoms with E-state index in [4.69, 9.17) is 0 Å². The number of hydrogen-bond acceptors (Lipinski definition) is 0. The molecule has 10 aromatic carbocycles. The lowest BCUT2D eigenvalue weighted by molar-refractivity contribution is 0.756. The molecule has 0 aromatic heterocycles. The van der Waals surface area contributed by atoms with Crippen LogP contribution in [0.5, 0.6) is 0 Å². The lowest BCUT2D eigenvalue weighted by Crippen LogP contribution is -2.27. The molecule has 0 aliphatic heterocycles. The van der Waals surface area contributed by atoms with Crippen molar-refractivity contribution in [2.75, 3.05) is 0 Å². The zero-order valence-electron chi connectivity index (χ0n) is 32.9. The van der Waals surface area contributed by atoms with E-state index < -0.39 is 0 Å². The van der Waals surface area contributed by atoms with Gasteiger partial charge in [0.15, 0.2) is 0 Å². The van der Waals surface area contributed by atoms with Crippen LogP contribution in [0, 0.1) is 0 Å². The molecule has 60 heavy (non-hydrogen) atoms. The zero-order chi connectivity index (χ0) is 39.1. The molecule has 278 valence electrons. The lowest BCUT2D eigenvalue weighted by Gasteiger charge is -2.42. The van der Waals surface area contributed by atoms with E-state index in [2.05, 4.69) is 206 Å².